The third-order valence-corrected chi connectivity index (χ3v) is 5.02. The zero-order valence-corrected chi connectivity index (χ0v) is 17.4. The molecule has 5 nitrogen and oxygen atoms in total. The Bertz CT molecular complexity index is 1010. The predicted molar refractivity (Wildman–Crippen MR) is 112 cm³/mol. The van der Waals surface area contributed by atoms with Crippen LogP contribution in [0.2, 0.25) is 5.02 Å². The van der Waals surface area contributed by atoms with Crippen molar-refractivity contribution in [3.63, 3.8) is 0 Å². The van der Waals surface area contributed by atoms with Crippen LogP contribution in [0.1, 0.15) is 23.7 Å². The molecule has 0 aliphatic carbocycles. The average molecular weight is 401 g/mol. The van der Waals surface area contributed by atoms with Crippen molar-refractivity contribution in [1.82, 2.24) is 9.47 Å². The first-order valence-corrected chi connectivity index (χ1v) is 9.62. The van der Waals surface area contributed by atoms with Gasteiger partial charge < -0.3 is 19.3 Å². The summed E-state index contributed by atoms with van der Waals surface area (Å²) in [7, 11) is 3.92. The number of phenols is 1. The number of ether oxygens (including phenoxy) is 1. The van der Waals surface area contributed by atoms with Crippen LogP contribution in [0, 0.1) is 6.92 Å². The summed E-state index contributed by atoms with van der Waals surface area (Å²) in [6.07, 6.45) is 0.183. The molecule has 6 heteroatoms. The third kappa shape index (κ3) is 3.86. The van der Waals surface area contributed by atoms with Gasteiger partial charge in [0.2, 0.25) is 0 Å². The van der Waals surface area contributed by atoms with Gasteiger partial charge in [-0.25, -0.2) is 0 Å². The molecule has 1 heterocycles. The van der Waals surface area contributed by atoms with Gasteiger partial charge in [0.25, 0.3) is 0 Å². The summed E-state index contributed by atoms with van der Waals surface area (Å²) in [5.41, 5.74) is 4.48. The van der Waals surface area contributed by atoms with E-state index in [1.807, 2.05) is 56.3 Å². The average Bonchev–Trinajstić information content (AvgIpc) is 2.90. The Morgan fingerprint density at radius 3 is 2.43 bits per heavy atom. The second-order valence-electron chi connectivity index (χ2n) is 7.05. The number of phenolic OH excluding ortho intramolecular Hbond substituents is 1. The van der Waals surface area contributed by atoms with Gasteiger partial charge in [-0.15, -0.1) is 0 Å². The maximum atomic E-state index is 12.2. The Morgan fingerprint density at radius 2 is 1.82 bits per heavy atom. The molecule has 3 aromatic rings. The molecule has 148 valence electrons. The topological polar surface area (TPSA) is 54.7 Å². The molecule has 0 saturated heterocycles. The molecule has 1 N–H and O–H groups in total. The van der Waals surface area contributed by atoms with E-state index in [0.29, 0.717) is 18.2 Å². The highest BCUT2D eigenvalue weighted by Gasteiger charge is 2.22. The van der Waals surface area contributed by atoms with Crippen molar-refractivity contribution < 1.29 is 14.6 Å². The number of halogens is 1. The van der Waals surface area contributed by atoms with E-state index < -0.39 is 0 Å². The number of fused-ring (bicyclic) bond motifs is 1. The maximum Gasteiger partial charge on any atom is 0.310 e. The molecule has 0 saturated carbocycles. The second kappa shape index (κ2) is 8.25. The van der Waals surface area contributed by atoms with Crippen LogP contribution >= 0.6 is 11.6 Å². The number of esters is 1. The standard InChI is InChI=1S/C22H25ClN2O3/c1-5-28-21(27)12-18-14(2)25(16-8-6-15(23)7-9-16)22-17(18)10-11-20(26)19(22)13-24(3)4/h6-11,26H,5,12-13H2,1-4H3. The van der Waals surface area contributed by atoms with E-state index in [-0.39, 0.29) is 18.1 Å². The Labute approximate surface area is 170 Å². The molecule has 28 heavy (non-hydrogen) atoms. The number of carbonyl (C=O) groups is 1. The molecule has 0 spiro atoms. The van der Waals surface area contributed by atoms with E-state index in [9.17, 15) is 9.90 Å². The van der Waals surface area contributed by atoms with Crippen LogP contribution < -0.4 is 0 Å². The number of rotatable bonds is 6. The molecule has 3 rings (SSSR count). The van der Waals surface area contributed by atoms with Gasteiger partial charge >= 0.3 is 5.97 Å². The van der Waals surface area contributed by atoms with Gasteiger partial charge in [0.15, 0.2) is 0 Å². The summed E-state index contributed by atoms with van der Waals surface area (Å²) in [6.45, 7) is 4.70. The third-order valence-electron chi connectivity index (χ3n) is 4.76. The van der Waals surface area contributed by atoms with Crippen LogP contribution in [-0.2, 0) is 22.5 Å². The van der Waals surface area contributed by atoms with Gasteiger partial charge in [0.05, 0.1) is 18.5 Å². The molecule has 0 fully saturated rings. The molecular weight excluding hydrogens is 376 g/mol. The van der Waals surface area contributed by atoms with Crippen LogP contribution in [-0.4, -0.2) is 41.2 Å². The van der Waals surface area contributed by atoms with Crippen LogP contribution in [0.15, 0.2) is 36.4 Å². The SMILES string of the molecule is CCOC(=O)Cc1c(C)n(-c2ccc(Cl)cc2)c2c(CN(C)C)c(O)ccc12. The number of hydrogen-bond donors (Lipinski definition) is 1. The summed E-state index contributed by atoms with van der Waals surface area (Å²) >= 11 is 6.07. The number of nitrogens with zero attached hydrogens (tertiary/aromatic N) is 2. The first kappa shape index (κ1) is 20.2. The fourth-order valence-corrected chi connectivity index (χ4v) is 3.71. The van der Waals surface area contributed by atoms with E-state index >= 15 is 0 Å². The van der Waals surface area contributed by atoms with Gasteiger partial charge in [-0.1, -0.05) is 11.6 Å². The molecular formula is C22H25ClN2O3. The van der Waals surface area contributed by atoms with Crippen molar-refractivity contribution in [1.29, 1.82) is 0 Å². The molecule has 0 bridgehead atoms. The highest BCUT2D eigenvalue weighted by molar-refractivity contribution is 6.30. The minimum Gasteiger partial charge on any atom is -0.508 e. The van der Waals surface area contributed by atoms with Crippen molar-refractivity contribution in [2.24, 2.45) is 0 Å². The van der Waals surface area contributed by atoms with E-state index in [4.69, 9.17) is 16.3 Å². The number of benzene rings is 2. The van der Waals surface area contributed by atoms with Crippen molar-refractivity contribution in [3.8, 4) is 11.4 Å². The minimum atomic E-state index is -0.261. The van der Waals surface area contributed by atoms with Crippen LogP contribution in [0.3, 0.4) is 0 Å². The maximum absolute atomic E-state index is 12.2. The van der Waals surface area contributed by atoms with Crippen LogP contribution in [0.4, 0.5) is 0 Å². The fraction of sp³-hybridized carbons (Fsp3) is 0.318. The zero-order chi connectivity index (χ0) is 20.4. The molecule has 1 aromatic heterocycles. The van der Waals surface area contributed by atoms with Gasteiger partial charge in [-0.05, 0) is 69.9 Å². The highest BCUT2D eigenvalue weighted by Crippen LogP contribution is 2.36. The van der Waals surface area contributed by atoms with E-state index in [1.54, 1.807) is 13.0 Å². The zero-order valence-electron chi connectivity index (χ0n) is 16.6. The molecule has 2 aromatic carbocycles. The summed E-state index contributed by atoms with van der Waals surface area (Å²) in [4.78, 5) is 14.2. The predicted octanol–water partition coefficient (Wildman–Crippen LogP) is 4.47. The number of aromatic hydroxyl groups is 1. The second-order valence-corrected chi connectivity index (χ2v) is 7.49. The van der Waals surface area contributed by atoms with Crippen molar-refractivity contribution >= 4 is 28.5 Å². The van der Waals surface area contributed by atoms with Gasteiger partial charge in [0, 0.05) is 33.9 Å². The lowest BCUT2D eigenvalue weighted by molar-refractivity contribution is -0.142. The summed E-state index contributed by atoms with van der Waals surface area (Å²) in [6, 6.07) is 11.1. The Balaban J connectivity index is 2.32. The number of aromatic nitrogens is 1. The number of hydrogen-bond acceptors (Lipinski definition) is 4. The monoisotopic (exact) mass is 400 g/mol. The lowest BCUT2D eigenvalue weighted by Crippen LogP contribution is -2.12. The Hall–Kier alpha value is -2.50. The molecule has 0 unspecified atom stereocenters. The van der Waals surface area contributed by atoms with Gasteiger partial charge in [-0.2, -0.15) is 0 Å². The summed E-state index contributed by atoms with van der Waals surface area (Å²) < 4.78 is 7.26. The van der Waals surface area contributed by atoms with E-state index in [2.05, 4.69) is 4.57 Å². The lowest BCUT2D eigenvalue weighted by atomic mass is 10.0. The molecule has 0 atom stereocenters. The molecule has 0 amide bonds. The smallest absolute Gasteiger partial charge is 0.310 e. The van der Waals surface area contributed by atoms with E-state index in [1.165, 1.54) is 0 Å². The van der Waals surface area contributed by atoms with Crippen LogP contribution in [0.5, 0.6) is 5.75 Å². The first-order chi connectivity index (χ1) is 13.3. The minimum absolute atomic E-state index is 0.183. The molecule has 0 radical (unpaired) electrons. The largest absolute Gasteiger partial charge is 0.508 e. The van der Waals surface area contributed by atoms with Crippen molar-refractivity contribution in [2.75, 3.05) is 20.7 Å². The highest BCUT2D eigenvalue weighted by atomic mass is 35.5. The quantitative estimate of drug-likeness (QED) is 0.620. The van der Waals surface area contributed by atoms with Gasteiger partial charge in [0.1, 0.15) is 5.75 Å². The Kier molecular flexibility index (Phi) is 5.96. The Morgan fingerprint density at radius 1 is 1.14 bits per heavy atom. The molecule has 0 aliphatic heterocycles. The fourth-order valence-electron chi connectivity index (χ4n) is 3.59. The van der Waals surface area contributed by atoms with Crippen LogP contribution in [0.25, 0.3) is 16.6 Å². The van der Waals surface area contributed by atoms with Gasteiger partial charge in [-0.3, -0.25) is 4.79 Å². The normalized spacial score (nSPS) is 11.4. The van der Waals surface area contributed by atoms with Crippen molar-refractivity contribution in [2.45, 2.75) is 26.8 Å². The summed E-state index contributed by atoms with van der Waals surface area (Å²) in [5, 5.41) is 12.2. The summed E-state index contributed by atoms with van der Waals surface area (Å²) in [5.74, 6) is -0.0282. The first-order valence-electron chi connectivity index (χ1n) is 9.24. The van der Waals surface area contributed by atoms with Crippen molar-refractivity contribution in [3.05, 3.63) is 58.2 Å². The lowest BCUT2D eigenvalue weighted by Gasteiger charge is -2.16. The molecule has 0 aliphatic rings. The number of carbonyl (C=O) groups excluding carboxylic acids is 1. The van der Waals surface area contributed by atoms with E-state index in [0.717, 1.165) is 33.4 Å².